The SMILES string of the molecule is O=C(O)CCc1ccc(O)cc1SF. The Balaban J connectivity index is 2.80. The summed E-state index contributed by atoms with van der Waals surface area (Å²) >= 11 is 0.00832. The Morgan fingerprint density at radius 1 is 1.50 bits per heavy atom. The van der Waals surface area contributed by atoms with Gasteiger partial charge in [0.05, 0.1) is 12.1 Å². The van der Waals surface area contributed by atoms with Gasteiger partial charge in [-0.1, -0.05) is 6.07 Å². The quantitative estimate of drug-likeness (QED) is 0.811. The molecule has 0 aliphatic carbocycles. The van der Waals surface area contributed by atoms with E-state index in [1.54, 1.807) is 0 Å². The van der Waals surface area contributed by atoms with Crippen molar-refractivity contribution in [2.45, 2.75) is 17.7 Å². The molecule has 0 saturated heterocycles. The Labute approximate surface area is 84.9 Å². The van der Waals surface area contributed by atoms with Crippen molar-refractivity contribution in [3.63, 3.8) is 0 Å². The molecule has 0 saturated carbocycles. The number of phenols is 1. The van der Waals surface area contributed by atoms with Gasteiger partial charge in [-0.3, -0.25) is 4.79 Å². The highest BCUT2D eigenvalue weighted by atomic mass is 32.2. The van der Waals surface area contributed by atoms with Gasteiger partial charge in [0.1, 0.15) is 5.75 Å². The van der Waals surface area contributed by atoms with Crippen molar-refractivity contribution < 1.29 is 18.9 Å². The van der Waals surface area contributed by atoms with Crippen LogP contribution in [0.4, 0.5) is 3.89 Å². The van der Waals surface area contributed by atoms with Gasteiger partial charge in [-0.25, -0.2) is 0 Å². The van der Waals surface area contributed by atoms with E-state index in [9.17, 15) is 8.68 Å². The number of hydrogen-bond donors (Lipinski definition) is 2. The molecule has 0 fully saturated rings. The Kier molecular flexibility index (Phi) is 3.76. The number of aliphatic carboxylic acids is 1. The van der Waals surface area contributed by atoms with Gasteiger partial charge in [0, 0.05) is 11.3 Å². The zero-order valence-electron chi connectivity index (χ0n) is 7.24. The zero-order chi connectivity index (χ0) is 10.6. The third-order valence-corrected chi connectivity index (χ3v) is 2.29. The fraction of sp³-hybridized carbons (Fsp3) is 0.222. The number of rotatable bonds is 4. The van der Waals surface area contributed by atoms with Crippen LogP contribution in [0.25, 0.3) is 0 Å². The fourth-order valence-corrected chi connectivity index (χ4v) is 1.50. The van der Waals surface area contributed by atoms with Gasteiger partial charge in [-0.15, -0.1) is 0 Å². The average Bonchev–Trinajstić information content (AvgIpc) is 2.15. The molecule has 0 aliphatic heterocycles. The van der Waals surface area contributed by atoms with Gasteiger partial charge in [0.25, 0.3) is 0 Å². The minimum Gasteiger partial charge on any atom is -0.508 e. The summed E-state index contributed by atoms with van der Waals surface area (Å²) in [7, 11) is 0. The summed E-state index contributed by atoms with van der Waals surface area (Å²) in [5.41, 5.74) is 0.595. The molecular formula is C9H9FO3S. The van der Waals surface area contributed by atoms with E-state index in [1.165, 1.54) is 18.2 Å². The standard InChI is InChI=1S/C9H9FO3S/c10-14-8-5-7(11)3-1-6(8)2-4-9(12)13/h1,3,5,11H,2,4H2,(H,12,13). The summed E-state index contributed by atoms with van der Waals surface area (Å²) in [6.07, 6.45) is 0.222. The Bertz CT molecular complexity index is 341. The predicted molar refractivity (Wildman–Crippen MR) is 51.0 cm³/mol. The molecule has 1 rings (SSSR count). The highest BCUT2D eigenvalue weighted by Gasteiger charge is 2.06. The molecule has 1 aromatic rings. The van der Waals surface area contributed by atoms with Gasteiger partial charge in [0.15, 0.2) is 0 Å². The molecule has 14 heavy (non-hydrogen) atoms. The molecule has 5 heteroatoms. The van der Waals surface area contributed by atoms with Crippen molar-refractivity contribution in [3.05, 3.63) is 23.8 Å². The van der Waals surface area contributed by atoms with Gasteiger partial charge in [0.2, 0.25) is 0 Å². The summed E-state index contributed by atoms with van der Waals surface area (Å²) in [5, 5.41) is 17.5. The molecule has 0 atom stereocenters. The predicted octanol–water partition coefficient (Wildman–Crippen LogP) is 2.39. The minimum absolute atomic E-state index is 0.00832. The van der Waals surface area contributed by atoms with Crippen molar-refractivity contribution in [2.75, 3.05) is 0 Å². The van der Waals surface area contributed by atoms with E-state index in [2.05, 4.69) is 0 Å². The van der Waals surface area contributed by atoms with Gasteiger partial charge in [-0.05, 0) is 24.1 Å². The molecule has 0 bridgehead atoms. The molecular weight excluding hydrogens is 207 g/mol. The lowest BCUT2D eigenvalue weighted by atomic mass is 10.1. The summed E-state index contributed by atoms with van der Waals surface area (Å²) in [4.78, 5) is 10.6. The van der Waals surface area contributed by atoms with Crippen LogP contribution in [0.5, 0.6) is 5.75 Å². The topological polar surface area (TPSA) is 57.5 Å². The maximum atomic E-state index is 12.3. The number of carboxylic acids is 1. The Hall–Kier alpha value is -1.23. The smallest absolute Gasteiger partial charge is 0.303 e. The molecule has 0 spiro atoms. The van der Waals surface area contributed by atoms with Gasteiger partial charge in [-0.2, -0.15) is 3.89 Å². The summed E-state index contributed by atoms with van der Waals surface area (Å²) in [5.74, 6) is -0.947. The number of aromatic hydroxyl groups is 1. The molecule has 0 amide bonds. The van der Waals surface area contributed by atoms with Crippen LogP contribution in [0.3, 0.4) is 0 Å². The van der Waals surface area contributed by atoms with E-state index in [4.69, 9.17) is 10.2 Å². The van der Waals surface area contributed by atoms with Crippen LogP contribution in [0.15, 0.2) is 23.1 Å². The lowest BCUT2D eigenvalue weighted by Gasteiger charge is -2.04. The highest BCUT2D eigenvalue weighted by Crippen LogP contribution is 2.28. The largest absolute Gasteiger partial charge is 0.508 e. The first-order valence-electron chi connectivity index (χ1n) is 3.95. The van der Waals surface area contributed by atoms with Crippen molar-refractivity contribution in [1.29, 1.82) is 0 Å². The monoisotopic (exact) mass is 216 g/mol. The number of aryl methyl sites for hydroxylation is 1. The minimum atomic E-state index is -0.923. The summed E-state index contributed by atoms with van der Waals surface area (Å²) in [6.45, 7) is 0. The van der Waals surface area contributed by atoms with E-state index < -0.39 is 5.97 Å². The van der Waals surface area contributed by atoms with E-state index in [-0.39, 0.29) is 35.6 Å². The number of halogens is 1. The Morgan fingerprint density at radius 3 is 2.79 bits per heavy atom. The highest BCUT2D eigenvalue weighted by molar-refractivity contribution is 7.94. The maximum absolute atomic E-state index is 12.3. The number of benzene rings is 1. The molecule has 76 valence electrons. The van der Waals surface area contributed by atoms with Crippen LogP contribution in [0, 0.1) is 0 Å². The molecule has 0 aromatic heterocycles. The number of phenolic OH excluding ortho intramolecular Hbond substituents is 1. The Morgan fingerprint density at radius 2 is 2.21 bits per heavy atom. The second kappa shape index (κ2) is 4.85. The van der Waals surface area contributed by atoms with Crippen LogP contribution in [-0.2, 0) is 11.2 Å². The van der Waals surface area contributed by atoms with Crippen LogP contribution in [0.1, 0.15) is 12.0 Å². The maximum Gasteiger partial charge on any atom is 0.303 e. The molecule has 1 aromatic carbocycles. The van der Waals surface area contributed by atoms with Crippen LogP contribution in [0.2, 0.25) is 0 Å². The summed E-state index contributed by atoms with van der Waals surface area (Å²) in [6, 6.07) is 4.22. The van der Waals surface area contributed by atoms with Crippen LogP contribution < -0.4 is 0 Å². The van der Waals surface area contributed by atoms with Gasteiger partial charge < -0.3 is 10.2 Å². The second-order valence-corrected chi connectivity index (χ2v) is 3.36. The molecule has 0 radical (unpaired) electrons. The van der Waals surface area contributed by atoms with Gasteiger partial charge >= 0.3 is 5.97 Å². The van der Waals surface area contributed by atoms with E-state index in [0.717, 1.165) is 0 Å². The lowest BCUT2D eigenvalue weighted by molar-refractivity contribution is -0.136. The third kappa shape index (κ3) is 2.92. The second-order valence-electron chi connectivity index (χ2n) is 2.76. The molecule has 0 heterocycles. The first-order valence-corrected chi connectivity index (χ1v) is 4.67. The van der Waals surface area contributed by atoms with Crippen LogP contribution in [-0.4, -0.2) is 16.2 Å². The molecule has 0 unspecified atom stereocenters. The van der Waals surface area contributed by atoms with E-state index >= 15 is 0 Å². The van der Waals surface area contributed by atoms with Crippen molar-refractivity contribution in [3.8, 4) is 5.75 Å². The first kappa shape index (κ1) is 10.8. The molecule has 0 aliphatic rings. The number of carboxylic acid groups (broad SMARTS) is 1. The third-order valence-electron chi connectivity index (χ3n) is 1.74. The van der Waals surface area contributed by atoms with Crippen molar-refractivity contribution in [2.24, 2.45) is 0 Å². The van der Waals surface area contributed by atoms with E-state index in [1.807, 2.05) is 0 Å². The van der Waals surface area contributed by atoms with Crippen molar-refractivity contribution >= 4 is 18.1 Å². The van der Waals surface area contributed by atoms with Crippen LogP contribution >= 0.6 is 12.1 Å². The number of hydrogen-bond acceptors (Lipinski definition) is 3. The fourth-order valence-electron chi connectivity index (χ4n) is 1.06. The van der Waals surface area contributed by atoms with Crippen molar-refractivity contribution in [1.82, 2.24) is 0 Å². The lowest BCUT2D eigenvalue weighted by Crippen LogP contribution is -1.98. The first-order chi connectivity index (χ1) is 6.63. The zero-order valence-corrected chi connectivity index (χ0v) is 8.05. The summed E-state index contributed by atoms with van der Waals surface area (Å²) < 4.78 is 12.3. The normalized spacial score (nSPS) is 10.1. The molecule has 3 nitrogen and oxygen atoms in total. The average molecular weight is 216 g/mol. The van der Waals surface area contributed by atoms with E-state index in [0.29, 0.717) is 5.56 Å². The number of carbonyl (C=O) groups is 1. The molecule has 2 N–H and O–H groups in total.